The lowest BCUT2D eigenvalue weighted by atomic mass is 9.89. The first-order chi connectivity index (χ1) is 10.7. The van der Waals surface area contributed by atoms with E-state index < -0.39 is 0 Å². The lowest BCUT2D eigenvalue weighted by molar-refractivity contribution is 0.00999. The van der Waals surface area contributed by atoms with E-state index in [9.17, 15) is 0 Å². The molecule has 4 nitrogen and oxygen atoms in total. The zero-order chi connectivity index (χ0) is 18.9. The summed E-state index contributed by atoms with van der Waals surface area (Å²) in [4.78, 5) is 0. The molecule has 0 heterocycles. The largest absolute Gasteiger partial charge is 0.380 e. The van der Waals surface area contributed by atoms with Crippen LogP contribution < -0.4 is 16.4 Å². The highest BCUT2D eigenvalue weighted by Gasteiger charge is 2.22. The normalized spacial score (nSPS) is 11.5. The van der Waals surface area contributed by atoms with E-state index in [2.05, 4.69) is 57.9 Å². The average Bonchev–Trinajstić information content (AvgIpc) is 2.48. The molecule has 0 fully saturated rings. The van der Waals surface area contributed by atoms with Crippen molar-refractivity contribution in [3.05, 3.63) is 0 Å². The maximum Gasteiger partial charge on any atom is 0.0517 e. The monoisotopic (exact) mass is 333 g/mol. The van der Waals surface area contributed by atoms with Crippen molar-refractivity contribution < 1.29 is 4.74 Å². The predicted molar refractivity (Wildman–Crippen MR) is 106 cm³/mol. The van der Waals surface area contributed by atoms with Gasteiger partial charge >= 0.3 is 0 Å². The van der Waals surface area contributed by atoms with E-state index in [1.54, 1.807) is 0 Å². The van der Waals surface area contributed by atoms with Crippen molar-refractivity contribution >= 4 is 0 Å². The Morgan fingerprint density at radius 1 is 0.870 bits per heavy atom. The fraction of sp³-hybridized carbons (Fsp3) is 1.00. The molecule has 0 aromatic rings. The molecule has 4 heteroatoms. The Kier molecular flexibility index (Phi) is 20.1. The number of hydrogen-bond donors (Lipinski definition) is 3. The Hall–Kier alpha value is -0.160. The Labute approximate surface area is 147 Å². The van der Waals surface area contributed by atoms with E-state index in [0.717, 1.165) is 39.1 Å². The van der Waals surface area contributed by atoms with Gasteiger partial charge < -0.3 is 21.1 Å². The summed E-state index contributed by atoms with van der Waals surface area (Å²) in [7, 11) is 3.50. The molecular weight excluding hydrogens is 286 g/mol. The summed E-state index contributed by atoms with van der Waals surface area (Å²) in [6, 6.07) is 0.567. The SMILES string of the molecule is CC.CN.CNCCC(C)(C)COCC(C)(C)CCNC(C)C. The molecule has 0 amide bonds. The molecule has 4 N–H and O–H groups in total. The number of nitrogens with one attached hydrogen (secondary N) is 2. The molecular formula is C19H47N3O. The van der Waals surface area contributed by atoms with Gasteiger partial charge in [-0.05, 0) is 50.9 Å². The van der Waals surface area contributed by atoms with Crippen LogP contribution in [-0.4, -0.2) is 46.4 Å². The van der Waals surface area contributed by atoms with E-state index >= 15 is 0 Å². The van der Waals surface area contributed by atoms with E-state index in [-0.39, 0.29) is 10.8 Å². The van der Waals surface area contributed by atoms with Gasteiger partial charge in [-0.25, -0.2) is 0 Å². The molecule has 0 saturated carbocycles. The lowest BCUT2D eigenvalue weighted by Crippen LogP contribution is -2.31. The van der Waals surface area contributed by atoms with Crippen LogP contribution in [0.25, 0.3) is 0 Å². The molecule has 23 heavy (non-hydrogen) atoms. The van der Waals surface area contributed by atoms with Crippen molar-refractivity contribution in [3.8, 4) is 0 Å². The van der Waals surface area contributed by atoms with Crippen LogP contribution in [0.1, 0.15) is 68.2 Å². The third-order valence-electron chi connectivity index (χ3n) is 3.39. The molecule has 0 radical (unpaired) electrons. The summed E-state index contributed by atoms with van der Waals surface area (Å²) in [5, 5.41) is 6.68. The summed E-state index contributed by atoms with van der Waals surface area (Å²) in [5.41, 5.74) is 5.01. The first-order valence-electron chi connectivity index (χ1n) is 9.22. The summed E-state index contributed by atoms with van der Waals surface area (Å²) in [6.45, 7) is 21.3. The molecule has 0 atom stereocenters. The topological polar surface area (TPSA) is 59.3 Å². The van der Waals surface area contributed by atoms with E-state index in [4.69, 9.17) is 4.74 Å². The zero-order valence-electron chi connectivity index (χ0n) is 17.8. The van der Waals surface area contributed by atoms with Gasteiger partial charge in [0.15, 0.2) is 0 Å². The highest BCUT2D eigenvalue weighted by Crippen LogP contribution is 2.24. The van der Waals surface area contributed by atoms with Crippen molar-refractivity contribution in [2.45, 2.75) is 74.3 Å². The lowest BCUT2D eigenvalue weighted by Gasteiger charge is -2.29. The first-order valence-corrected chi connectivity index (χ1v) is 9.22. The van der Waals surface area contributed by atoms with Crippen molar-refractivity contribution in [1.29, 1.82) is 0 Å². The highest BCUT2D eigenvalue weighted by atomic mass is 16.5. The average molecular weight is 334 g/mol. The molecule has 0 unspecified atom stereocenters. The Morgan fingerprint density at radius 2 is 1.26 bits per heavy atom. The van der Waals surface area contributed by atoms with Crippen molar-refractivity contribution in [1.82, 2.24) is 10.6 Å². The molecule has 0 spiro atoms. The molecule has 0 aromatic heterocycles. The van der Waals surface area contributed by atoms with Gasteiger partial charge in [0, 0.05) is 6.04 Å². The molecule has 0 aliphatic rings. The fourth-order valence-corrected chi connectivity index (χ4v) is 1.91. The van der Waals surface area contributed by atoms with Gasteiger partial charge in [0.2, 0.25) is 0 Å². The van der Waals surface area contributed by atoms with Crippen molar-refractivity contribution in [2.24, 2.45) is 16.6 Å². The maximum absolute atomic E-state index is 5.96. The third-order valence-corrected chi connectivity index (χ3v) is 3.39. The van der Waals surface area contributed by atoms with Crippen LogP contribution in [0.4, 0.5) is 0 Å². The fourth-order valence-electron chi connectivity index (χ4n) is 1.91. The van der Waals surface area contributed by atoms with Crippen LogP contribution in [0.3, 0.4) is 0 Å². The Balaban J connectivity index is -0.000000919. The molecule has 0 aliphatic carbocycles. The summed E-state index contributed by atoms with van der Waals surface area (Å²) in [6.07, 6.45) is 2.31. The number of ether oxygens (including phenoxy) is 1. The Morgan fingerprint density at radius 3 is 1.61 bits per heavy atom. The molecule has 0 rings (SSSR count). The van der Waals surface area contributed by atoms with Crippen LogP contribution in [0.2, 0.25) is 0 Å². The van der Waals surface area contributed by atoms with Crippen molar-refractivity contribution in [3.63, 3.8) is 0 Å². The van der Waals surface area contributed by atoms with Gasteiger partial charge in [0.05, 0.1) is 13.2 Å². The summed E-state index contributed by atoms with van der Waals surface area (Å²) in [5.74, 6) is 0. The standard InChI is InChI=1S/C16H36N2O.C2H6.CH5N/c1-14(2)18-11-9-16(5,6)13-19-12-15(3,4)8-10-17-7;2*1-2/h14,17-18H,8-13H2,1-7H3;1-2H3;2H2,1H3. The minimum atomic E-state index is 0.251. The van der Waals surface area contributed by atoms with Gasteiger partial charge in [0.25, 0.3) is 0 Å². The molecule has 0 saturated heterocycles. The van der Waals surface area contributed by atoms with Crippen LogP contribution in [0.15, 0.2) is 0 Å². The quantitative estimate of drug-likeness (QED) is 0.540. The third kappa shape index (κ3) is 21.8. The van der Waals surface area contributed by atoms with Gasteiger partial charge in [-0.2, -0.15) is 0 Å². The van der Waals surface area contributed by atoms with Gasteiger partial charge in [0.1, 0.15) is 0 Å². The van der Waals surface area contributed by atoms with Crippen molar-refractivity contribution in [2.75, 3.05) is 40.4 Å². The molecule has 0 bridgehead atoms. The second-order valence-corrected chi connectivity index (χ2v) is 7.53. The van der Waals surface area contributed by atoms with Crippen LogP contribution in [0.5, 0.6) is 0 Å². The molecule has 0 aliphatic heterocycles. The minimum absolute atomic E-state index is 0.251. The highest BCUT2D eigenvalue weighted by molar-refractivity contribution is 4.73. The Bertz CT molecular complexity index is 229. The minimum Gasteiger partial charge on any atom is -0.380 e. The number of nitrogens with two attached hydrogens (primary N) is 1. The maximum atomic E-state index is 5.96. The summed E-state index contributed by atoms with van der Waals surface area (Å²) >= 11 is 0. The van der Waals surface area contributed by atoms with Crippen LogP contribution in [0, 0.1) is 10.8 Å². The van der Waals surface area contributed by atoms with E-state index in [1.165, 1.54) is 7.05 Å². The zero-order valence-corrected chi connectivity index (χ0v) is 17.8. The second-order valence-electron chi connectivity index (χ2n) is 7.53. The van der Waals surface area contributed by atoms with E-state index in [1.807, 2.05) is 20.9 Å². The molecule has 0 aromatic carbocycles. The number of rotatable bonds is 11. The predicted octanol–water partition coefficient (Wildman–Crippen LogP) is 3.65. The van der Waals surface area contributed by atoms with Crippen LogP contribution >= 0.6 is 0 Å². The van der Waals surface area contributed by atoms with Crippen LogP contribution in [-0.2, 0) is 4.74 Å². The smallest absolute Gasteiger partial charge is 0.0517 e. The second kappa shape index (κ2) is 16.7. The summed E-state index contributed by atoms with van der Waals surface area (Å²) < 4.78 is 5.96. The van der Waals surface area contributed by atoms with E-state index in [0.29, 0.717) is 6.04 Å². The van der Waals surface area contributed by atoms with Gasteiger partial charge in [-0.3, -0.25) is 0 Å². The molecule has 144 valence electrons. The van der Waals surface area contributed by atoms with Gasteiger partial charge in [-0.1, -0.05) is 55.4 Å². The first kappa shape index (κ1) is 27.7. The number of hydrogen-bond acceptors (Lipinski definition) is 4. The van der Waals surface area contributed by atoms with Gasteiger partial charge in [-0.15, -0.1) is 0 Å².